The third-order valence-electron chi connectivity index (χ3n) is 3.01. The Bertz CT molecular complexity index is 872. The van der Waals surface area contributed by atoms with Crippen molar-refractivity contribution in [3.63, 3.8) is 0 Å². The van der Waals surface area contributed by atoms with Gasteiger partial charge in [-0.05, 0) is 12.1 Å². The smallest absolute Gasteiger partial charge is 0.177 e. The molecular weight excluding hydrogens is 254 g/mol. The summed E-state index contributed by atoms with van der Waals surface area (Å²) < 4.78 is 3.34. The molecule has 0 saturated carbocycles. The molecule has 7 heteroatoms. The molecule has 3 aromatic rings. The van der Waals surface area contributed by atoms with Crippen LogP contribution in [0.2, 0.25) is 0 Å². The highest BCUT2D eigenvalue weighted by molar-refractivity contribution is 5.51. The molecule has 0 radical (unpaired) electrons. The number of pyridine rings is 1. The van der Waals surface area contributed by atoms with E-state index in [0.717, 1.165) is 11.3 Å². The van der Waals surface area contributed by atoms with Crippen molar-refractivity contribution in [3.8, 4) is 18.0 Å². The maximum absolute atomic E-state index is 9.19. The van der Waals surface area contributed by atoms with Crippen LogP contribution in [0.3, 0.4) is 0 Å². The summed E-state index contributed by atoms with van der Waals surface area (Å²) in [5.74, 6) is 0.518. The summed E-state index contributed by atoms with van der Waals surface area (Å²) >= 11 is 0. The van der Waals surface area contributed by atoms with Crippen molar-refractivity contribution >= 4 is 5.65 Å². The van der Waals surface area contributed by atoms with Crippen molar-refractivity contribution in [3.05, 3.63) is 47.8 Å². The van der Waals surface area contributed by atoms with Crippen molar-refractivity contribution in [2.24, 2.45) is 5.73 Å². The van der Waals surface area contributed by atoms with E-state index < -0.39 is 0 Å². The van der Waals surface area contributed by atoms with Gasteiger partial charge in [0.15, 0.2) is 17.2 Å². The van der Waals surface area contributed by atoms with Crippen molar-refractivity contribution in [1.29, 1.82) is 10.5 Å². The molecule has 0 aliphatic carbocycles. The SMILES string of the molecule is N#Cc1ncn(-c2nc3ccccn3c2CN)c1C#N. The zero-order valence-corrected chi connectivity index (χ0v) is 10.4. The largest absolute Gasteiger partial charge is 0.325 e. The summed E-state index contributed by atoms with van der Waals surface area (Å²) in [7, 11) is 0. The van der Waals surface area contributed by atoms with Crippen LogP contribution in [0.25, 0.3) is 11.5 Å². The highest BCUT2D eigenvalue weighted by Crippen LogP contribution is 2.19. The van der Waals surface area contributed by atoms with Gasteiger partial charge in [-0.15, -0.1) is 0 Å². The lowest BCUT2D eigenvalue weighted by Gasteiger charge is -2.03. The van der Waals surface area contributed by atoms with E-state index in [1.54, 1.807) is 0 Å². The molecule has 0 unspecified atom stereocenters. The van der Waals surface area contributed by atoms with Gasteiger partial charge >= 0.3 is 0 Å². The second-order valence-electron chi connectivity index (χ2n) is 4.05. The van der Waals surface area contributed by atoms with Crippen LogP contribution in [0.5, 0.6) is 0 Å². The van der Waals surface area contributed by atoms with Crippen molar-refractivity contribution in [2.75, 3.05) is 0 Å². The zero-order valence-electron chi connectivity index (χ0n) is 10.4. The van der Waals surface area contributed by atoms with Gasteiger partial charge in [-0.3, -0.25) is 4.57 Å². The molecule has 0 spiro atoms. The Balaban J connectivity index is 2.33. The van der Waals surface area contributed by atoms with Gasteiger partial charge in [0.2, 0.25) is 0 Å². The third kappa shape index (κ3) is 1.55. The number of nitriles is 2. The zero-order chi connectivity index (χ0) is 14.1. The normalized spacial score (nSPS) is 10.3. The van der Waals surface area contributed by atoms with Gasteiger partial charge in [0, 0.05) is 12.7 Å². The molecule has 0 aliphatic rings. The number of hydrogen-bond acceptors (Lipinski definition) is 5. The van der Waals surface area contributed by atoms with Crippen molar-refractivity contribution in [1.82, 2.24) is 18.9 Å². The molecule has 96 valence electrons. The molecule has 20 heavy (non-hydrogen) atoms. The Hall–Kier alpha value is -3.16. The molecule has 0 saturated heterocycles. The summed E-state index contributed by atoms with van der Waals surface area (Å²) in [4.78, 5) is 8.37. The molecule has 0 amide bonds. The maximum Gasteiger partial charge on any atom is 0.177 e. The molecule has 0 atom stereocenters. The molecule has 7 nitrogen and oxygen atoms in total. The number of nitrogens with zero attached hydrogens (tertiary/aromatic N) is 6. The minimum absolute atomic E-state index is 0.0764. The third-order valence-corrected chi connectivity index (χ3v) is 3.01. The first-order chi connectivity index (χ1) is 9.80. The topological polar surface area (TPSA) is 109 Å². The summed E-state index contributed by atoms with van der Waals surface area (Å²) in [6.45, 7) is 0.255. The fourth-order valence-electron chi connectivity index (χ4n) is 2.11. The maximum atomic E-state index is 9.19. The Morgan fingerprint density at radius 1 is 1.25 bits per heavy atom. The average Bonchev–Trinajstić information content (AvgIpc) is 3.06. The first-order valence-electron chi connectivity index (χ1n) is 5.84. The fraction of sp³-hybridized carbons (Fsp3) is 0.0769. The van der Waals surface area contributed by atoms with Gasteiger partial charge in [0.05, 0.1) is 5.69 Å². The molecule has 3 heterocycles. The highest BCUT2D eigenvalue weighted by Gasteiger charge is 2.18. The fourth-order valence-corrected chi connectivity index (χ4v) is 2.11. The van der Waals surface area contributed by atoms with E-state index in [1.165, 1.54) is 10.9 Å². The van der Waals surface area contributed by atoms with E-state index in [9.17, 15) is 5.26 Å². The van der Waals surface area contributed by atoms with E-state index in [1.807, 2.05) is 40.9 Å². The lowest BCUT2D eigenvalue weighted by molar-refractivity contribution is 0.906. The van der Waals surface area contributed by atoms with Crippen molar-refractivity contribution in [2.45, 2.75) is 6.54 Å². The summed E-state index contributed by atoms with van der Waals surface area (Å²) in [6.07, 6.45) is 3.26. The predicted octanol–water partition coefficient (Wildman–Crippen LogP) is 0.722. The van der Waals surface area contributed by atoms with E-state index in [0.29, 0.717) is 5.82 Å². The number of imidazole rings is 2. The minimum atomic E-state index is 0.0764. The van der Waals surface area contributed by atoms with Gasteiger partial charge in [-0.25, -0.2) is 9.97 Å². The van der Waals surface area contributed by atoms with Crippen molar-refractivity contribution < 1.29 is 0 Å². The van der Waals surface area contributed by atoms with Gasteiger partial charge < -0.3 is 10.1 Å². The number of rotatable bonds is 2. The van der Waals surface area contributed by atoms with Crippen LogP contribution < -0.4 is 5.73 Å². The van der Waals surface area contributed by atoms with Gasteiger partial charge in [0.25, 0.3) is 0 Å². The molecule has 0 aliphatic heterocycles. The van der Waals surface area contributed by atoms with Crippen LogP contribution in [0.4, 0.5) is 0 Å². The van der Waals surface area contributed by atoms with E-state index in [2.05, 4.69) is 9.97 Å². The molecule has 2 N–H and O–H groups in total. The van der Waals surface area contributed by atoms with E-state index in [4.69, 9.17) is 11.0 Å². The van der Waals surface area contributed by atoms with Gasteiger partial charge in [-0.1, -0.05) is 6.07 Å². The first kappa shape index (κ1) is 11.9. The second-order valence-corrected chi connectivity index (χ2v) is 4.05. The quantitative estimate of drug-likeness (QED) is 0.732. The number of hydrogen-bond donors (Lipinski definition) is 1. The summed E-state index contributed by atoms with van der Waals surface area (Å²) in [5, 5.41) is 18.1. The molecule has 0 fully saturated rings. The van der Waals surface area contributed by atoms with E-state index >= 15 is 0 Å². The van der Waals surface area contributed by atoms with E-state index in [-0.39, 0.29) is 17.9 Å². The van der Waals surface area contributed by atoms with Crippen LogP contribution >= 0.6 is 0 Å². The Morgan fingerprint density at radius 3 is 2.80 bits per heavy atom. The van der Waals surface area contributed by atoms with Crippen LogP contribution in [-0.2, 0) is 6.54 Å². The number of aromatic nitrogens is 4. The standard InChI is InChI=1S/C13H9N7/c14-5-9-10(6-15)20(8-17-9)13-11(7-16)19-4-2-1-3-12(19)18-13/h1-4,8H,7,16H2. The first-order valence-corrected chi connectivity index (χ1v) is 5.84. The van der Waals surface area contributed by atoms with Crippen LogP contribution in [0, 0.1) is 22.7 Å². The number of nitrogens with two attached hydrogens (primary N) is 1. The Morgan fingerprint density at radius 2 is 2.10 bits per heavy atom. The van der Waals surface area contributed by atoms with Crippen LogP contribution in [0.15, 0.2) is 30.7 Å². The van der Waals surface area contributed by atoms with Gasteiger partial charge in [-0.2, -0.15) is 10.5 Å². The second kappa shape index (κ2) is 4.50. The van der Waals surface area contributed by atoms with Crippen LogP contribution in [-0.4, -0.2) is 18.9 Å². The summed E-state index contributed by atoms with van der Waals surface area (Å²) in [6, 6.07) is 9.45. The molecule has 3 rings (SSSR count). The van der Waals surface area contributed by atoms with Gasteiger partial charge in [0.1, 0.15) is 24.1 Å². The number of fused-ring (bicyclic) bond motifs is 1. The average molecular weight is 263 g/mol. The molecule has 0 aromatic carbocycles. The Labute approximate surface area is 114 Å². The monoisotopic (exact) mass is 263 g/mol. The molecule has 0 bridgehead atoms. The summed E-state index contributed by atoms with van der Waals surface area (Å²) in [5.41, 5.74) is 7.49. The minimum Gasteiger partial charge on any atom is -0.325 e. The molecular formula is C13H9N7. The Kier molecular flexibility index (Phi) is 2.68. The highest BCUT2D eigenvalue weighted by atomic mass is 15.2. The lowest BCUT2D eigenvalue weighted by atomic mass is 10.3. The lowest BCUT2D eigenvalue weighted by Crippen LogP contribution is -2.07. The van der Waals surface area contributed by atoms with Crippen LogP contribution in [0.1, 0.15) is 17.1 Å². The predicted molar refractivity (Wildman–Crippen MR) is 69.6 cm³/mol. The molecule has 3 aromatic heterocycles.